The SMILES string of the molecule is O=C(Cc1ccc(N2CCCC2)cc1)NCCc1ccc(F)cc1. The van der Waals surface area contributed by atoms with Gasteiger partial charge in [-0.3, -0.25) is 4.79 Å². The van der Waals surface area contributed by atoms with Crippen molar-refractivity contribution in [1.82, 2.24) is 5.32 Å². The average Bonchev–Trinajstić information content (AvgIpc) is 3.12. The lowest BCUT2D eigenvalue weighted by Crippen LogP contribution is -2.27. The maximum absolute atomic E-state index is 12.8. The summed E-state index contributed by atoms with van der Waals surface area (Å²) in [7, 11) is 0. The van der Waals surface area contributed by atoms with Gasteiger partial charge in [0.05, 0.1) is 6.42 Å². The van der Waals surface area contributed by atoms with Gasteiger partial charge in [-0.25, -0.2) is 4.39 Å². The summed E-state index contributed by atoms with van der Waals surface area (Å²) in [6, 6.07) is 14.7. The molecule has 0 radical (unpaired) electrons. The number of amides is 1. The number of nitrogens with one attached hydrogen (secondary N) is 1. The number of carbonyl (C=O) groups is 1. The van der Waals surface area contributed by atoms with Crippen LogP contribution in [-0.4, -0.2) is 25.5 Å². The smallest absolute Gasteiger partial charge is 0.224 e. The van der Waals surface area contributed by atoms with Gasteiger partial charge in [0.15, 0.2) is 0 Å². The molecule has 0 bridgehead atoms. The molecule has 4 heteroatoms. The number of hydrogen-bond acceptors (Lipinski definition) is 2. The number of anilines is 1. The lowest BCUT2D eigenvalue weighted by Gasteiger charge is -2.17. The van der Waals surface area contributed by atoms with E-state index in [1.165, 1.54) is 30.7 Å². The molecular formula is C20H23FN2O. The standard InChI is InChI=1S/C20H23FN2O/c21-18-7-3-16(4-8-18)11-12-22-20(24)15-17-5-9-19(10-6-17)23-13-1-2-14-23/h3-10H,1-2,11-15H2,(H,22,24). The zero-order valence-corrected chi connectivity index (χ0v) is 13.8. The zero-order valence-electron chi connectivity index (χ0n) is 13.8. The van der Waals surface area contributed by atoms with Crippen molar-refractivity contribution in [3.63, 3.8) is 0 Å². The summed E-state index contributed by atoms with van der Waals surface area (Å²) >= 11 is 0. The van der Waals surface area contributed by atoms with E-state index < -0.39 is 0 Å². The predicted octanol–water partition coefficient (Wildman–Crippen LogP) is 3.33. The van der Waals surface area contributed by atoms with E-state index in [-0.39, 0.29) is 11.7 Å². The van der Waals surface area contributed by atoms with Gasteiger partial charge < -0.3 is 10.2 Å². The molecule has 1 heterocycles. The number of nitrogens with zero attached hydrogens (tertiary/aromatic N) is 1. The summed E-state index contributed by atoms with van der Waals surface area (Å²) in [6.45, 7) is 2.82. The Morgan fingerprint density at radius 1 is 0.958 bits per heavy atom. The van der Waals surface area contributed by atoms with Crippen LogP contribution in [0.25, 0.3) is 0 Å². The Morgan fingerprint density at radius 2 is 1.58 bits per heavy atom. The van der Waals surface area contributed by atoms with Crippen LogP contribution in [0.1, 0.15) is 24.0 Å². The third kappa shape index (κ3) is 4.57. The Labute approximate surface area is 142 Å². The van der Waals surface area contributed by atoms with Gasteiger partial charge in [-0.05, 0) is 54.7 Å². The van der Waals surface area contributed by atoms with Crippen LogP contribution in [0, 0.1) is 5.82 Å². The summed E-state index contributed by atoms with van der Waals surface area (Å²) in [6.07, 6.45) is 3.63. The Bertz CT molecular complexity index is 661. The lowest BCUT2D eigenvalue weighted by molar-refractivity contribution is -0.120. The highest BCUT2D eigenvalue weighted by atomic mass is 19.1. The molecule has 3 rings (SSSR count). The molecule has 1 fully saturated rings. The van der Waals surface area contributed by atoms with Crippen LogP contribution >= 0.6 is 0 Å². The number of carbonyl (C=O) groups excluding carboxylic acids is 1. The van der Waals surface area contributed by atoms with Crippen LogP contribution in [0.3, 0.4) is 0 Å². The van der Waals surface area contributed by atoms with E-state index in [1.807, 2.05) is 12.1 Å². The van der Waals surface area contributed by atoms with Gasteiger partial charge in [0.2, 0.25) is 5.91 Å². The van der Waals surface area contributed by atoms with Crippen LogP contribution in [0.4, 0.5) is 10.1 Å². The van der Waals surface area contributed by atoms with Crippen molar-refractivity contribution in [2.45, 2.75) is 25.7 Å². The lowest BCUT2D eigenvalue weighted by atomic mass is 10.1. The van der Waals surface area contributed by atoms with Gasteiger partial charge in [0.1, 0.15) is 5.82 Å². The Balaban J connectivity index is 1.43. The molecule has 0 saturated carbocycles. The van der Waals surface area contributed by atoms with Crippen LogP contribution in [0.15, 0.2) is 48.5 Å². The number of halogens is 1. The molecule has 2 aromatic carbocycles. The monoisotopic (exact) mass is 326 g/mol. The number of rotatable bonds is 6. The summed E-state index contributed by atoms with van der Waals surface area (Å²) in [5.74, 6) is -0.216. The van der Waals surface area contributed by atoms with E-state index in [9.17, 15) is 9.18 Å². The highest BCUT2D eigenvalue weighted by molar-refractivity contribution is 5.78. The minimum absolute atomic E-state index is 0.0195. The van der Waals surface area contributed by atoms with Gasteiger partial charge in [-0.1, -0.05) is 24.3 Å². The second kappa shape index (κ2) is 7.95. The minimum Gasteiger partial charge on any atom is -0.372 e. The quantitative estimate of drug-likeness (QED) is 0.883. The molecule has 1 aliphatic heterocycles. The second-order valence-electron chi connectivity index (χ2n) is 6.26. The van der Waals surface area contributed by atoms with Gasteiger partial charge in [0.25, 0.3) is 0 Å². The Kier molecular flexibility index (Phi) is 5.47. The molecule has 1 amide bonds. The van der Waals surface area contributed by atoms with Crippen molar-refractivity contribution < 1.29 is 9.18 Å². The third-order valence-corrected chi connectivity index (χ3v) is 4.42. The second-order valence-corrected chi connectivity index (χ2v) is 6.26. The first kappa shape index (κ1) is 16.5. The van der Waals surface area contributed by atoms with Gasteiger partial charge >= 0.3 is 0 Å². The normalized spacial score (nSPS) is 14.0. The molecule has 0 spiro atoms. The first-order chi connectivity index (χ1) is 11.7. The molecule has 0 unspecified atom stereocenters. The highest BCUT2D eigenvalue weighted by Crippen LogP contribution is 2.20. The fourth-order valence-corrected chi connectivity index (χ4v) is 3.05. The average molecular weight is 326 g/mol. The molecular weight excluding hydrogens is 303 g/mol. The molecule has 1 saturated heterocycles. The summed E-state index contributed by atoms with van der Waals surface area (Å²) < 4.78 is 12.8. The van der Waals surface area contributed by atoms with E-state index in [2.05, 4.69) is 22.3 Å². The van der Waals surface area contributed by atoms with Gasteiger partial charge in [0, 0.05) is 25.3 Å². The van der Waals surface area contributed by atoms with Crippen LogP contribution < -0.4 is 10.2 Å². The molecule has 1 N–H and O–H groups in total. The van der Waals surface area contributed by atoms with E-state index in [0.29, 0.717) is 19.4 Å². The molecule has 0 aliphatic carbocycles. The molecule has 0 aromatic heterocycles. The molecule has 126 valence electrons. The van der Waals surface area contributed by atoms with E-state index in [4.69, 9.17) is 0 Å². The van der Waals surface area contributed by atoms with Crippen molar-refractivity contribution in [2.75, 3.05) is 24.5 Å². The van der Waals surface area contributed by atoms with Crippen molar-refractivity contribution in [3.8, 4) is 0 Å². The van der Waals surface area contributed by atoms with Crippen LogP contribution in [0.5, 0.6) is 0 Å². The molecule has 2 aromatic rings. The Morgan fingerprint density at radius 3 is 2.25 bits per heavy atom. The molecule has 0 atom stereocenters. The summed E-state index contributed by atoms with van der Waals surface area (Å²) in [4.78, 5) is 14.4. The van der Waals surface area contributed by atoms with Crippen molar-refractivity contribution in [1.29, 1.82) is 0 Å². The van der Waals surface area contributed by atoms with Crippen molar-refractivity contribution in [3.05, 3.63) is 65.5 Å². The maximum Gasteiger partial charge on any atom is 0.224 e. The first-order valence-electron chi connectivity index (χ1n) is 8.56. The third-order valence-electron chi connectivity index (χ3n) is 4.42. The highest BCUT2D eigenvalue weighted by Gasteiger charge is 2.12. The van der Waals surface area contributed by atoms with Crippen LogP contribution in [0.2, 0.25) is 0 Å². The maximum atomic E-state index is 12.8. The van der Waals surface area contributed by atoms with Crippen molar-refractivity contribution in [2.24, 2.45) is 0 Å². The molecule has 1 aliphatic rings. The Hall–Kier alpha value is -2.36. The van der Waals surface area contributed by atoms with Crippen LogP contribution in [-0.2, 0) is 17.6 Å². The van der Waals surface area contributed by atoms with E-state index >= 15 is 0 Å². The first-order valence-corrected chi connectivity index (χ1v) is 8.56. The molecule has 3 nitrogen and oxygen atoms in total. The van der Waals surface area contributed by atoms with E-state index in [1.54, 1.807) is 12.1 Å². The summed E-state index contributed by atoms with van der Waals surface area (Å²) in [5, 5.41) is 2.92. The topological polar surface area (TPSA) is 32.3 Å². The largest absolute Gasteiger partial charge is 0.372 e. The fourth-order valence-electron chi connectivity index (χ4n) is 3.05. The van der Waals surface area contributed by atoms with Gasteiger partial charge in [-0.2, -0.15) is 0 Å². The molecule has 24 heavy (non-hydrogen) atoms. The van der Waals surface area contributed by atoms with Crippen molar-refractivity contribution >= 4 is 11.6 Å². The zero-order chi connectivity index (χ0) is 16.8. The minimum atomic E-state index is -0.236. The predicted molar refractivity (Wildman–Crippen MR) is 94.7 cm³/mol. The van der Waals surface area contributed by atoms with Gasteiger partial charge in [-0.15, -0.1) is 0 Å². The van der Waals surface area contributed by atoms with E-state index in [0.717, 1.165) is 24.2 Å². The number of benzene rings is 2. The number of hydrogen-bond donors (Lipinski definition) is 1. The summed E-state index contributed by atoms with van der Waals surface area (Å²) in [5.41, 5.74) is 3.29. The fraction of sp³-hybridized carbons (Fsp3) is 0.350.